The Hall–Kier alpha value is -8.60. The number of carbonyl (C=O) groups excluding carboxylic acids is 3. The van der Waals surface area contributed by atoms with Crippen LogP contribution in [0.5, 0.6) is 40.6 Å². The van der Waals surface area contributed by atoms with Crippen molar-refractivity contribution in [3.8, 4) is 40.6 Å². The number of benzene rings is 4. The average molecular weight is 1250 g/mol. The van der Waals surface area contributed by atoms with E-state index in [9.17, 15) is 14.4 Å². The molecule has 0 fully saturated rings. The summed E-state index contributed by atoms with van der Waals surface area (Å²) >= 11 is 28.2. The number of nitrogen functional groups attached to an aromatic ring is 1. The molecule has 0 aliphatic carbocycles. The molecule has 0 aliphatic heterocycles. The molecule has 8 aromatic rings. The lowest BCUT2D eigenvalue weighted by Gasteiger charge is -2.19. The molecule has 0 atom stereocenters. The summed E-state index contributed by atoms with van der Waals surface area (Å²) in [6, 6.07) is 27.2. The molecule has 26 heteroatoms. The highest BCUT2D eigenvalue weighted by atomic mass is 35.5. The molecule has 0 aliphatic rings. The Morgan fingerprint density at radius 3 is 1.21 bits per heavy atom. The Labute approximate surface area is 512 Å². The zero-order valence-corrected chi connectivity index (χ0v) is 50.4. The lowest BCUT2D eigenvalue weighted by molar-refractivity contribution is -0.111. The van der Waals surface area contributed by atoms with Crippen LogP contribution in [0.2, 0.25) is 26.3 Å². The van der Waals surface area contributed by atoms with Crippen molar-refractivity contribution in [2.24, 2.45) is 0 Å². The summed E-state index contributed by atoms with van der Waals surface area (Å²) in [6.45, 7) is 21.4. The van der Waals surface area contributed by atoms with E-state index in [1.54, 1.807) is 145 Å². The summed E-state index contributed by atoms with van der Waals surface area (Å²) < 4.78 is 27.1. The first-order valence-corrected chi connectivity index (χ1v) is 26.4. The number of hydrogen-bond acceptors (Lipinski definition) is 18. The van der Waals surface area contributed by atoms with Crippen LogP contribution < -0.4 is 35.9 Å². The fraction of sp³-hybridized carbons (Fsp3) is 0.224. The predicted molar refractivity (Wildman–Crippen MR) is 329 cm³/mol. The van der Waals surface area contributed by atoms with Crippen LogP contribution in [0.1, 0.15) is 71.2 Å². The number of anilines is 4. The molecule has 4 aromatic carbocycles. The van der Waals surface area contributed by atoms with Crippen LogP contribution in [0.15, 0.2) is 135 Å². The maximum Gasteiger partial charge on any atom is 0.412 e. The number of rotatable bonds is 10. The number of nitrogens with one attached hydrogen (secondary N) is 3. The molecule has 6 N–H and O–H groups in total. The number of phenols is 1. The van der Waals surface area contributed by atoms with Gasteiger partial charge < -0.3 is 39.8 Å². The summed E-state index contributed by atoms with van der Waals surface area (Å²) in [6.07, 6.45) is 6.47. The van der Waals surface area contributed by atoms with Crippen LogP contribution >= 0.6 is 58.0 Å². The minimum atomic E-state index is -0.562. The van der Waals surface area contributed by atoms with Crippen molar-refractivity contribution >= 4 is 98.8 Å². The zero-order valence-electron chi connectivity index (χ0n) is 46.6. The average Bonchev–Trinajstić information content (AvgIpc) is 3.60. The van der Waals surface area contributed by atoms with Gasteiger partial charge in [-0.05, 0) is 170 Å². The summed E-state index contributed by atoms with van der Waals surface area (Å²) in [5.74, 6) is 2.65. The van der Waals surface area contributed by atoms with E-state index in [2.05, 4.69) is 62.4 Å². The molecule has 8 rings (SSSR count). The third-order valence-corrected chi connectivity index (χ3v) is 10.4. The number of nitrogens with zero attached hydrogens (tertiary/aromatic N) is 8. The molecule has 3 amide bonds. The second-order valence-electron chi connectivity index (χ2n) is 18.9. The highest BCUT2D eigenvalue weighted by Gasteiger charge is 2.18. The van der Waals surface area contributed by atoms with Crippen molar-refractivity contribution in [1.82, 2.24) is 39.9 Å². The Morgan fingerprint density at radius 2 is 0.857 bits per heavy atom. The van der Waals surface area contributed by atoms with Gasteiger partial charge in [-0.3, -0.25) is 15.4 Å². The van der Waals surface area contributed by atoms with E-state index >= 15 is 0 Å². The monoisotopic (exact) mass is 1250 g/mol. The van der Waals surface area contributed by atoms with Gasteiger partial charge >= 0.3 is 12.2 Å². The third kappa shape index (κ3) is 27.0. The van der Waals surface area contributed by atoms with Crippen molar-refractivity contribution in [2.75, 3.05) is 21.7 Å². The predicted octanol–water partition coefficient (Wildman–Crippen LogP) is 16.2. The first-order valence-electron chi connectivity index (χ1n) is 24.5. The normalized spacial score (nSPS) is 10.3. The zero-order chi connectivity index (χ0) is 61.4. The van der Waals surface area contributed by atoms with Gasteiger partial charge in [0.2, 0.25) is 44.7 Å². The molecular formula is C58H63Cl5N12O9. The quantitative estimate of drug-likeness (QED) is 0.0368. The Bertz CT molecular complexity index is 3500. The number of aromatic hydroxyl groups is 1. The number of hydrogen-bond donors (Lipinski definition) is 5. The molecule has 0 radical (unpaired) electrons. The van der Waals surface area contributed by atoms with Crippen LogP contribution in [0.3, 0.4) is 0 Å². The van der Waals surface area contributed by atoms with E-state index in [-0.39, 0.29) is 40.2 Å². The van der Waals surface area contributed by atoms with Crippen LogP contribution in [-0.2, 0) is 14.3 Å². The van der Waals surface area contributed by atoms with E-state index in [1.807, 2.05) is 33.8 Å². The first-order chi connectivity index (χ1) is 39.0. The van der Waals surface area contributed by atoms with E-state index in [1.165, 1.54) is 18.2 Å². The maximum atomic E-state index is 11.8. The molecule has 0 saturated heterocycles. The molecule has 0 spiro atoms. The molecule has 444 valence electrons. The van der Waals surface area contributed by atoms with Gasteiger partial charge in [0.05, 0.1) is 0 Å². The number of ether oxygens (including phenoxy) is 5. The van der Waals surface area contributed by atoms with Gasteiger partial charge in [0, 0.05) is 94.1 Å². The summed E-state index contributed by atoms with van der Waals surface area (Å²) in [4.78, 5) is 65.3. The van der Waals surface area contributed by atoms with Gasteiger partial charge in [0.15, 0.2) is 0 Å². The van der Waals surface area contributed by atoms with Gasteiger partial charge in [-0.15, -0.1) is 0 Å². The maximum absolute atomic E-state index is 11.8. The Kier molecular flexibility index (Phi) is 27.8. The van der Waals surface area contributed by atoms with Crippen molar-refractivity contribution in [3.05, 3.63) is 183 Å². The second kappa shape index (κ2) is 33.5. The highest BCUT2D eigenvalue weighted by molar-refractivity contribution is 6.32. The smallest absolute Gasteiger partial charge is 0.412 e. The van der Waals surface area contributed by atoms with Gasteiger partial charge in [-0.1, -0.05) is 49.9 Å². The number of phenolic OH excluding ortho intramolecular Hbond substituents is 1. The largest absolute Gasteiger partial charge is 0.508 e. The van der Waals surface area contributed by atoms with Crippen LogP contribution in [0.25, 0.3) is 0 Å². The molecule has 21 nitrogen and oxygen atoms in total. The number of aromatic nitrogens is 8. The fourth-order valence-electron chi connectivity index (χ4n) is 5.74. The van der Waals surface area contributed by atoms with Crippen molar-refractivity contribution in [3.63, 3.8) is 0 Å². The van der Waals surface area contributed by atoms with Gasteiger partial charge in [-0.25, -0.2) is 34.5 Å². The molecule has 0 unspecified atom stereocenters. The van der Waals surface area contributed by atoms with Crippen LogP contribution in [-0.4, -0.2) is 74.3 Å². The molecule has 4 aromatic heterocycles. The van der Waals surface area contributed by atoms with E-state index in [0.29, 0.717) is 62.8 Å². The van der Waals surface area contributed by atoms with Crippen molar-refractivity contribution in [2.45, 2.75) is 87.9 Å². The number of halogens is 5. The number of aryl methyl sites for hydroxylation is 4. The highest BCUT2D eigenvalue weighted by Crippen LogP contribution is 2.29. The molecule has 4 heterocycles. The van der Waals surface area contributed by atoms with Gasteiger partial charge in [0.25, 0.3) is 0 Å². The van der Waals surface area contributed by atoms with E-state index in [0.717, 1.165) is 22.3 Å². The minimum Gasteiger partial charge on any atom is -0.508 e. The Balaban J connectivity index is 0.000000281. The van der Waals surface area contributed by atoms with Gasteiger partial charge in [-0.2, -0.15) is 15.0 Å². The van der Waals surface area contributed by atoms with Crippen molar-refractivity contribution < 1.29 is 43.2 Å². The lowest BCUT2D eigenvalue weighted by atomic mass is 10.2. The summed E-state index contributed by atoms with van der Waals surface area (Å²) in [5.41, 5.74) is 10.00. The third-order valence-electron chi connectivity index (χ3n) is 9.33. The topological polar surface area (TPSA) is 283 Å². The van der Waals surface area contributed by atoms with E-state index in [4.69, 9.17) is 92.5 Å². The minimum absolute atomic E-state index is 0. The molecular weight excluding hydrogens is 1190 g/mol. The first kappa shape index (κ1) is 69.7. The molecule has 0 bridgehead atoms. The number of nitrogens with two attached hydrogens (primary N) is 1. The summed E-state index contributed by atoms with van der Waals surface area (Å²) in [7, 11) is 0. The molecule has 84 heavy (non-hydrogen) atoms. The van der Waals surface area contributed by atoms with Gasteiger partial charge in [0.1, 0.15) is 39.4 Å². The summed E-state index contributed by atoms with van der Waals surface area (Å²) in [5, 5.41) is 18.0. The van der Waals surface area contributed by atoms with Crippen molar-refractivity contribution in [1.29, 1.82) is 0 Å². The van der Waals surface area contributed by atoms with Crippen LogP contribution in [0, 0.1) is 27.7 Å². The fourth-order valence-corrected chi connectivity index (χ4v) is 6.42. The number of amides is 3. The SMILES string of the molecule is C.C=CC(=O)Nc1cccc(Oc2nc(Cl)ncc2C)c1.CC(C)(C)OC(=O)Nc1cccc(O)c1.Cc1cnc(Cl)nc1Cl.Cc1cnc(Cl)nc1Oc1cccc(N)c1.Cc1cnc(Cl)nc1Oc1cccc(NC(=O)OC(C)(C)C)c1. The van der Waals surface area contributed by atoms with E-state index < -0.39 is 23.4 Å². The lowest BCUT2D eigenvalue weighted by Crippen LogP contribution is -2.27. The standard InChI is InChI=1S/C16H18ClN3O3.C14H12ClN3O2.C11H10ClN3O.C11H15NO3.C5H4Cl2N2.CH4/c1-10-9-18-14(17)20-13(10)22-12-7-5-6-11(8-12)19-15(21)23-16(2,3)4;1-3-12(19)17-10-5-4-6-11(7-10)20-13-9(2)8-16-14(15)18-13;1-7-6-14-11(12)15-10(7)16-9-4-2-3-8(13)5-9;1-11(2,3)15-10(14)12-8-5-4-6-9(13)7-8;1-3-2-8-5(7)9-4(3)6;/h5-9H,1-4H3,(H,19,21);3-8H,1H2,2H3,(H,17,19);2-6H,13H2,1H3;4-7,13H,1-3H3,(H,12,14);2H,1H3;1H4. The second-order valence-corrected chi connectivity index (χ2v) is 20.6. The molecule has 0 saturated carbocycles. The van der Waals surface area contributed by atoms with Crippen LogP contribution in [0.4, 0.5) is 32.3 Å². The number of carbonyl (C=O) groups is 3. The Morgan fingerprint density at radius 1 is 0.512 bits per heavy atom.